The minimum absolute atomic E-state index is 0.0515. The maximum absolute atomic E-state index is 15.0. The van der Waals surface area contributed by atoms with Gasteiger partial charge in [-0.25, -0.2) is 14.2 Å². The first-order chi connectivity index (χ1) is 17.3. The SMILES string of the molecule is CC[C@@]1(O)C(=O)OCc2c1cc1n(c2=O)Cc2c-1nc1cc(F)c(C)c3c1c2C(OCCO)CCC3. The van der Waals surface area contributed by atoms with E-state index in [0.29, 0.717) is 35.3 Å². The molecule has 6 rings (SSSR count). The van der Waals surface area contributed by atoms with Gasteiger partial charge in [-0.1, -0.05) is 6.92 Å². The summed E-state index contributed by atoms with van der Waals surface area (Å²) in [7, 11) is 0. The lowest BCUT2D eigenvalue weighted by Gasteiger charge is -2.31. The largest absolute Gasteiger partial charge is 0.458 e. The molecule has 4 heterocycles. The molecule has 0 saturated heterocycles. The number of halogens is 1. The van der Waals surface area contributed by atoms with Crippen LogP contribution in [0.25, 0.3) is 22.3 Å². The first-order valence-corrected chi connectivity index (χ1v) is 12.3. The van der Waals surface area contributed by atoms with Crippen LogP contribution in [0.1, 0.15) is 65.7 Å². The van der Waals surface area contributed by atoms with Crippen molar-refractivity contribution in [1.29, 1.82) is 0 Å². The molecular formula is C27H27FN2O6. The highest BCUT2D eigenvalue weighted by Gasteiger charge is 2.45. The first-order valence-electron chi connectivity index (χ1n) is 12.3. The molecule has 36 heavy (non-hydrogen) atoms. The van der Waals surface area contributed by atoms with Gasteiger partial charge in [-0.3, -0.25) is 4.79 Å². The van der Waals surface area contributed by atoms with Crippen molar-refractivity contribution in [2.45, 2.75) is 64.4 Å². The molecular weight excluding hydrogens is 467 g/mol. The van der Waals surface area contributed by atoms with Crippen LogP contribution < -0.4 is 5.56 Å². The molecule has 0 spiro atoms. The predicted molar refractivity (Wildman–Crippen MR) is 128 cm³/mol. The normalized spacial score (nSPS) is 22.1. The molecule has 2 atom stereocenters. The summed E-state index contributed by atoms with van der Waals surface area (Å²) in [4.78, 5) is 30.9. The molecule has 0 saturated carbocycles. The summed E-state index contributed by atoms with van der Waals surface area (Å²) in [5.74, 6) is -1.12. The number of nitrogens with zero attached hydrogens (tertiary/aromatic N) is 2. The molecule has 0 radical (unpaired) electrons. The summed E-state index contributed by atoms with van der Waals surface area (Å²) in [5.41, 5.74) is 2.85. The van der Waals surface area contributed by atoms with E-state index in [2.05, 4.69) is 0 Å². The lowest BCUT2D eigenvalue weighted by atomic mass is 9.86. The zero-order chi connectivity index (χ0) is 25.4. The summed E-state index contributed by atoms with van der Waals surface area (Å²) >= 11 is 0. The Kier molecular flexibility index (Phi) is 5.30. The third-order valence-corrected chi connectivity index (χ3v) is 7.97. The van der Waals surface area contributed by atoms with Crippen LogP contribution >= 0.6 is 0 Å². The zero-order valence-corrected chi connectivity index (χ0v) is 20.2. The number of carbonyl (C=O) groups is 1. The minimum atomic E-state index is -1.92. The summed E-state index contributed by atoms with van der Waals surface area (Å²) in [6.07, 6.45) is 1.84. The number of hydrogen-bond donors (Lipinski definition) is 2. The van der Waals surface area contributed by atoms with Crippen molar-refractivity contribution < 1.29 is 28.9 Å². The average molecular weight is 495 g/mol. The van der Waals surface area contributed by atoms with Crippen molar-refractivity contribution in [3.8, 4) is 11.4 Å². The molecule has 2 aromatic heterocycles. The fourth-order valence-electron chi connectivity index (χ4n) is 6.06. The highest BCUT2D eigenvalue weighted by Crippen LogP contribution is 2.46. The molecule has 2 N–H and O–H groups in total. The molecule has 3 aromatic rings. The number of aliphatic hydroxyl groups excluding tert-OH is 1. The van der Waals surface area contributed by atoms with Crippen LogP contribution in [0.3, 0.4) is 0 Å². The monoisotopic (exact) mass is 494 g/mol. The van der Waals surface area contributed by atoms with Gasteiger partial charge in [0.15, 0.2) is 5.60 Å². The van der Waals surface area contributed by atoms with Gasteiger partial charge >= 0.3 is 5.97 Å². The fraction of sp³-hybridized carbons (Fsp3) is 0.444. The Balaban J connectivity index is 1.67. The summed E-state index contributed by atoms with van der Waals surface area (Å²) in [6.45, 7) is 3.49. The molecule has 1 unspecified atom stereocenters. The van der Waals surface area contributed by atoms with E-state index in [1.807, 2.05) is 0 Å². The molecule has 1 aliphatic carbocycles. The molecule has 2 aliphatic heterocycles. The van der Waals surface area contributed by atoms with Gasteiger partial charge in [0.25, 0.3) is 5.56 Å². The van der Waals surface area contributed by atoms with Crippen LogP contribution in [0.5, 0.6) is 0 Å². The highest BCUT2D eigenvalue weighted by molar-refractivity contribution is 5.92. The fourth-order valence-corrected chi connectivity index (χ4v) is 6.06. The Hall–Kier alpha value is -3.14. The number of aliphatic hydroxyl groups is 2. The van der Waals surface area contributed by atoms with Crippen LogP contribution in [0.15, 0.2) is 16.9 Å². The van der Waals surface area contributed by atoms with Gasteiger partial charge < -0.3 is 24.3 Å². The topological polar surface area (TPSA) is 111 Å². The molecule has 0 bridgehead atoms. The number of carbonyl (C=O) groups excluding carboxylic acids is 1. The second kappa shape index (κ2) is 8.19. The number of benzene rings is 1. The maximum Gasteiger partial charge on any atom is 0.343 e. The van der Waals surface area contributed by atoms with Crippen molar-refractivity contribution in [2.24, 2.45) is 0 Å². The smallest absolute Gasteiger partial charge is 0.343 e. The summed E-state index contributed by atoms with van der Waals surface area (Å²) < 4.78 is 27.8. The Morgan fingerprint density at radius 2 is 2.08 bits per heavy atom. The number of fused-ring (bicyclic) bond motifs is 5. The lowest BCUT2D eigenvalue weighted by molar-refractivity contribution is -0.172. The van der Waals surface area contributed by atoms with Crippen LogP contribution in [-0.4, -0.2) is 38.9 Å². The number of aryl methyl sites for hydroxylation is 1. The number of hydrogen-bond acceptors (Lipinski definition) is 7. The maximum atomic E-state index is 15.0. The number of rotatable bonds is 4. The van der Waals surface area contributed by atoms with Gasteiger partial charge in [0.05, 0.1) is 48.3 Å². The van der Waals surface area contributed by atoms with Crippen LogP contribution in [-0.2, 0) is 39.4 Å². The number of aromatic nitrogens is 2. The average Bonchev–Trinajstić information content (AvgIpc) is 3.11. The van der Waals surface area contributed by atoms with Gasteiger partial charge in [0.1, 0.15) is 12.4 Å². The lowest BCUT2D eigenvalue weighted by Crippen LogP contribution is -2.44. The molecule has 1 aromatic carbocycles. The quantitative estimate of drug-likeness (QED) is 0.420. The van der Waals surface area contributed by atoms with Crippen LogP contribution in [0, 0.1) is 12.7 Å². The van der Waals surface area contributed by atoms with Gasteiger partial charge in [-0.2, -0.15) is 0 Å². The van der Waals surface area contributed by atoms with Crippen molar-refractivity contribution in [1.82, 2.24) is 9.55 Å². The predicted octanol–water partition coefficient (Wildman–Crippen LogP) is 2.91. The minimum Gasteiger partial charge on any atom is -0.458 e. The second-order valence-electron chi connectivity index (χ2n) is 9.79. The zero-order valence-electron chi connectivity index (χ0n) is 20.2. The number of cyclic esters (lactones) is 1. The second-order valence-corrected chi connectivity index (χ2v) is 9.79. The van der Waals surface area contributed by atoms with E-state index >= 15 is 0 Å². The molecule has 0 amide bonds. The van der Waals surface area contributed by atoms with E-state index in [1.165, 1.54) is 6.07 Å². The van der Waals surface area contributed by atoms with E-state index < -0.39 is 11.6 Å². The number of pyridine rings is 2. The Labute approximate surface area is 206 Å². The Bertz CT molecular complexity index is 1510. The standard InChI is InChI=1S/C27H27FN2O6/c1-3-27(34)17-9-20-24-15(11-30(20)25(32)16(17)12-36-26(27)33)23-21(35-8-7-31)6-4-5-14-13(2)18(28)10-19(29-24)22(14)23/h9-10,21,31,34H,3-8,11-12H2,1-2H3/t21?,27-/m0/s1. The summed E-state index contributed by atoms with van der Waals surface area (Å²) in [6, 6.07) is 3.08. The number of esters is 1. The van der Waals surface area contributed by atoms with Crippen LogP contribution in [0.4, 0.5) is 4.39 Å². The Morgan fingerprint density at radius 1 is 1.28 bits per heavy atom. The van der Waals surface area contributed by atoms with Gasteiger partial charge in [-0.15, -0.1) is 0 Å². The van der Waals surface area contributed by atoms with E-state index in [4.69, 9.17) is 14.5 Å². The van der Waals surface area contributed by atoms with Crippen LogP contribution in [0.2, 0.25) is 0 Å². The van der Waals surface area contributed by atoms with Crippen molar-refractivity contribution in [3.05, 3.63) is 61.7 Å². The summed E-state index contributed by atoms with van der Waals surface area (Å²) in [5, 5.41) is 21.4. The molecule has 0 fully saturated rings. The van der Waals surface area contributed by atoms with E-state index in [-0.39, 0.29) is 61.4 Å². The highest BCUT2D eigenvalue weighted by atomic mass is 19.1. The van der Waals surface area contributed by atoms with Gasteiger partial charge in [0, 0.05) is 22.6 Å². The van der Waals surface area contributed by atoms with E-state index in [1.54, 1.807) is 24.5 Å². The molecule has 8 nitrogen and oxygen atoms in total. The van der Waals surface area contributed by atoms with Crippen molar-refractivity contribution in [3.63, 3.8) is 0 Å². The third kappa shape index (κ3) is 3.06. The third-order valence-electron chi connectivity index (χ3n) is 7.97. The van der Waals surface area contributed by atoms with Gasteiger partial charge in [0.2, 0.25) is 0 Å². The van der Waals surface area contributed by atoms with Crippen molar-refractivity contribution >= 4 is 16.9 Å². The molecule has 3 aliphatic rings. The van der Waals surface area contributed by atoms with E-state index in [0.717, 1.165) is 28.5 Å². The number of ether oxygens (including phenoxy) is 2. The molecule has 188 valence electrons. The molecule has 9 heteroatoms. The van der Waals surface area contributed by atoms with Crippen molar-refractivity contribution in [2.75, 3.05) is 13.2 Å². The Morgan fingerprint density at radius 3 is 2.83 bits per heavy atom. The first kappa shape index (κ1) is 23.3. The van der Waals surface area contributed by atoms with E-state index in [9.17, 15) is 24.2 Å². The van der Waals surface area contributed by atoms with Gasteiger partial charge in [-0.05, 0) is 55.4 Å².